The average Bonchev–Trinajstić information content (AvgIpc) is 2.63. The van der Waals surface area contributed by atoms with Gasteiger partial charge in [-0.15, -0.1) is 0 Å². The Hall–Kier alpha value is -2.69. The van der Waals surface area contributed by atoms with Gasteiger partial charge in [0.15, 0.2) is 0 Å². The first-order chi connectivity index (χ1) is 12.2. The maximum absolute atomic E-state index is 11.4. The van der Waals surface area contributed by atoms with Crippen LogP contribution >= 0.6 is 0 Å². The molecule has 2 aromatic rings. The fourth-order valence-corrected chi connectivity index (χ4v) is 3.09. The van der Waals surface area contributed by atoms with Gasteiger partial charge in [-0.25, -0.2) is 4.79 Å². The third-order valence-electron chi connectivity index (χ3n) is 4.40. The topological polar surface area (TPSA) is 44.8 Å². The SMILES string of the molecule is CCOC(=O)Nc1ccc(N2CCN(c3cccc(C)c3)CC2)cc1. The van der Waals surface area contributed by atoms with Crippen molar-refractivity contribution in [2.45, 2.75) is 13.8 Å². The largest absolute Gasteiger partial charge is 0.450 e. The lowest BCUT2D eigenvalue weighted by molar-refractivity contribution is 0.168. The first-order valence-corrected chi connectivity index (χ1v) is 8.76. The van der Waals surface area contributed by atoms with Crippen LogP contribution < -0.4 is 15.1 Å². The Morgan fingerprint density at radius 1 is 1.00 bits per heavy atom. The molecule has 0 spiro atoms. The monoisotopic (exact) mass is 339 g/mol. The number of hydrogen-bond donors (Lipinski definition) is 1. The Labute approximate surface area is 149 Å². The van der Waals surface area contributed by atoms with Crippen molar-refractivity contribution in [3.8, 4) is 0 Å². The molecule has 132 valence electrons. The van der Waals surface area contributed by atoms with Crippen LogP contribution in [0.2, 0.25) is 0 Å². The summed E-state index contributed by atoms with van der Waals surface area (Å²) >= 11 is 0. The van der Waals surface area contributed by atoms with Crippen LogP contribution in [0.1, 0.15) is 12.5 Å². The van der Waals surface area contributed by atoms with E-state index in [0.717, 1.165) is 31.9 Å². The number of benzene rings is 2. The van der Waals surface area contributed by atoms with Crippen molar-refractivity contribution < 1.29 is 9.53 Å². The molecule has 5 nitrogen and oxygen atoms in total. The summed E-state index contributed by atoms with van der Waals surface area (Å²) in [6.07, 6.45) is -0.415. The molecule has 0 radical (unpaired) electrons. The molecule has 1 N–H and O–H groups in total. The third-order valence-corrected chi connectivity index (χ3v) is 4.40. The Morgan fingerprint density at radius 3 is 2.24 bits per heavy atom. The molecule has 1 saturated heterocycles. The van der Waals surface area contributed by atoms with Gasteiger partial charge in [0.25, 0.3) is 0 Å². The van der Waals surface area contributed by atoms with Gasteiger partial charge in [-0.05, 0) is 55.8 Å². The summed E-state index contributed by atoms with van der Waals surface area (Å²) in [6.45, 7) is 8.27. The van der Waals surface area contributed by atoms with Crippen molar-refractivity contribution in [3.05, 3.63) is 54.1 Å². The van der Waals surface area contributed by atoms with E-state index in [1.54, 1.807) is 6.92 Å². The summed E-state index contributed by atoms with van der Waals surface area (Å²) in [6, 6.07) is 16.6. The standard InChI is InChI=1S/C20H25N3O2/c1-3-25-20(24)21-17-7-9-18(10-8-17)22-11-13-23(14-12-22)19-6-4-5-16(2)15-19/h4-10,15H,3,11-14H2,1-2H3,(H,21,24). The number of amides is 1. The maximum Gasteiger partial charge on any atom is 0.411 e. The van der Waals surface area contributed by atoms with E-state index in [1.807, 2.05) is 24.3 Å². The smallest absolute Gasteiger partial charge is 0.411 e. The summed E-state index contributed by atoms with van der Waals surface area (Å²) in [5.41, 5.74) is 4.53. The van der Waals surface area contributed by atoms with Gasteiger partial charge < -0.3 is 14.5 Å². The van der Waals surface area contributed by atoms with Crippen LogP contribution in [0.15, 0.2) is 48.5 Å². The number of hydrogen-bond acceptors (Lipinski definition) is 4. The van der Waals surface area contributed by atoms with E-state index in [1.165, 1.54) is 16.9 Å². The van der Waals surface area contributed by atoms with Crippen molar-refractivity contribution in [2.24, 2.45) is 0 Å². The average molecular weight is 339 g/mol. The molecule has 0 aromatic heterocycles. The fraction of sp³-hybridized carbons (Fsp3) is 0.350. The summed E-state index contributed by atoms with van der Waals surface area (Å²) in [4.78, 5) is 16.3. The summed E-state index contributed by atoms with van der Waals surface area (Å²) in [7, 11) is 0. The van der Waals surface area contributed by atoms with E-state index in [0.29, 0.717) is 6.61 Å². The van der Waals surface area contributed by atoms with Gasteiger partial charge in [-0.3, -0.25) is 5.32 Å². The number of anilines is 3. The van der Waals surface area contributed by atoms with Gasteiger partial charge in [-0.2, -0.15) is 0 Å². The Bertz CT molecular complexity index is 707. The van der Waals surface area contributed by atoms with Crippen LogP contribution in [0.3, 0.4) is 0 Å². The fourth-order valence-electron chi connectivity index (χ4n) is 3.09. The van der Waals surface area contributed by atoms with Crippen LogP contribution in [0.4, 0.5) is 21.9 Å². The van der Waals surface area contributed by atoms with E-state index in [9.17, 15) is 4.79 Å². The number of aryl methyl sites for hydroxylation is 1. The van der Waals surface area contributed by atoms with Crippen LogP contribution in [0.25, 0.3) is 0 Å². The van der Waals surface area contributed by atoms with Crippen molar-refractivity contribution in [1.82, 2.24) is 0 Å². The summed E-state index contributed by atoms with van der Waals surface area (Å²) in [5, 5.41) is 2.72. The summed E-state index contributed by atoms with van der Waals surface area (Å²) < 4.78 is 4.89. The van der Waals surface area contributed by atoms with E-state index in [2.05, 4.69) is 46.3 Å². The van der Waals surface area contributed by atoms with Gasteiger partial charge in [0.1, 0.15) is 0 Å². The molecule has 0 aliphatic carbocycles. The van der Waals surface area contributed by atoms with E-state index in [-0.39, 0.29) is 0 Å². The minimum absolute atomic E-state index is 0.370. The first-order valence-electron chi connectivity index (χ1n) is 8.76. The third kappa shape index (κ3) is 4.44. The number of ether oxygens (including phenoxy) is 1. The Balaban J connectivity index is 1.56. The lowest BCUT2D eigenvalue weighted by Gasteiger charge is -2.37. The molecule has 1 fully saturated rings. The number of carbonyl (C=O) groups is 1. The quantitative estimate of drug-likeness (QED) is 0.918. The highest BCUT2D eigenvalue weighted by molar-refractivity contribution is 5.84. The molecule has 3 rings (SSSR count). The molecule has 1 aliphatic rings. The molecule has 5 heteroatoms. The highest BCUT2D eigenvalue weighted by Gasteiger charge is 2.17. The van der Waals surface area contributed by atoms with Crippen LogP contribution in [0.5, 0.6) is 0 Å². The lowest BCUT2D eigenvalue weighted by Crippen LogP contribution is -2.46. The van der Waals surface area contributed by atoms with Crippen LogP contribution in [-0.4, -0.2) is 38.9 Å². The molecule has 0 saturated carbocycles. The lowest BCUT2D eigenvalue weighted by atomic mass is 10.2. The maximum atomic E-state index is 11.4. The zero-order chi connectivity index (χ0) is 17.6. The predicted molar refractivity (Wildman–Crippen MR) is 103 cm³/mol. The number of carbonyl (C=O) groups excluding carboxylic acids is 1. The second-order valence-corrected chi connectivity index (χ2v) is 6.21. The first kappa shape index (κ1) is 17.1. The Morgan fingerprint density at radius 2 is 1.64 bits per heavy atom. The molecule has 0 atom stereocenters. The van der Waals surface area contributed by atoms with Crippen LogP contribution in [0, 0.1) is 6.92 Å². The predicted octanol–water partition coefficient (Wildman–Crippen LogP) is 3.89. The molecule has 25 heavy (non-hydrogen) atoms. The van der Waals surface area contributed by atoms with Crippen molar-refractivity contribution in [2.75, 3.05) is 47.9 Å². The van der Waals surface area contributed by atoms with E-state index < -0.39 is 6.09 Å². The number of piperazine rings is 1. The molecule has 0 unspecified atom stereocenters. The minimum atomic E-state index is -0.415. The van der Waals surface area contributed by atoms with Gasteiger partial charge in [-0.1, -0.05) is 12.1 Å². The van der Waals surface area contributed by atoms with Gasteiger partial charge in [0.2, 0.25) is 0 Å². The molecular formula is C20H25N3O2. The molecular weight excluding hydrogens is 314 g/mol. The number of nitrogens with one attached hydrogen (secondary N) is 1. The minimum Gasteiger partial charge on any atom is -0.450 e. The molecule has 0 bridgehead atoms. The number of nitrogens with zero attached hydrogens (tertiary/aromatic N) is 2. The zero-order valence-electron chi connectivity index (χ0n) is 14.9. The van der Waals surface area contributed by atoms with Crippen LogP contribution in [-0.2, 0) is 4.74 Å². The second kappa shape index (κ2) is 7.92. The molecule has 1 aliphatic heterocycles. The zero-order valence-corrected chi connectivity index (χ0v) is 14.9. The van der Waals surface area contributed by atoms with Crippen molar-refractivity contribution >= 4 is 23.2 Å². The summed E-state index contributed by atoms with van der Waals surface area (Å²) in [5.74, 6) is 0. The van der Waals surface area contributed by atoms with Gasteiger partial charge in [0, 0.05) is 43.2 Å². The highest BCUT2D eigenvalue weighted by atomic mass is 16.5. The van der Waals surface area contributed by atoms with E-state index in [4.69, 9.17) is 4.74 Å². The molecule has 1 amide bonds. The van der Waals surface area contributed by atoms with Crippen molar-refractivity contribution in [3.63, 3.8) is 0 Å². The normalized spacial score (nSPS) is 14.3. The van der Waals surface area contributed by atoms with Gasteiger partial charge >= 0.3 is 6.09 Å². The molecule has 2 aromatic carbocycles. The second-order valence-electron chi connectivity index (χ2n) is 6.21. The number of rotatable bonds is 4. The highest BCUT2D eigenvalue weighted by Crippen LogP contribution is 2.22. The molecule has 1 heterocycles. The van der Waals surface area contributed by atoms with Crippen molar-refractivity contribution in [1.29, 1.82) is 0 Å². The van der Waals surface area contributed by atoms with E-state index >= 15 is 0 Å². The Kier molecular flexibility index (Phi) is 5.43. The van der Waals surface area contributed by atoms with Gasteiger partial charge in [0.05, 0.1) is 6.61 Å².